The molecule has 1 N–H and O–H groups in total. The predicted octanol–water partition coefficient (Wildman–Crippen LogP) is 4.06. The SMILES string of the molecule is CCCN(CC1CCCNC1)C(=O)c1cc(Br)cc(Br)c1. The van der Waals surface area contributed by atoms with E-state index in [0.29, 0.717) is 5.92 Å². The molecule has 2 rings (SSSR count). The van der Waals surface area contributed by atoms with Gasteiger partial charge in [0.15, 0.2) is 0 Å². The van der Waals surface area contributed by atoms with Crippen molar-refractivity contribution in [1.82, 2.24) is 10.2 Å². The molecule has 1 unspecified atom stereocenters. The summed E-state index contributed by atoms with van der Waals surface area (Å²) in [5.74, 6) is 0.703. The van der Waals surface area contributed by atoms with Gasteiger partial charge >= 0.3 is 0 Å². The van der Waals surface area contributed by atoms with Crippen molar-refractivity contribution < 1.29 is 4.79 Å². The van der Waals surface area contributed by atoms with E-state index < -0.39 is 0 Å². The lowest BCUT2D eigenvalue weighted by Gasteiger charge is -2.30. The number of carbonyl (C=O) groups excluding carboxylic acids is 1. The van der Waals surface area contributed by atoms with Crippen molar-refractivity contribution in [3.63, 3.8) is 0 Å². The van der Waals surface area contributed by atoms with Crippen LogP contribution in [0.5, 0.6) is 0 Å². The zero-order valence-corrected chi connectivity index (χ0v) is 15.5. The highest BCUT2D eigenvalue weighted by Gasteiger charge is 2.21. The Labute approximate surface area is 143 Å². The number of halogens is 2. The third kappa shape index (κ3) is 5.08. The third-order valence-corrected chi connectivity index (χ3v) is 4.68. The highest BCUT2D eigenvalue weighted by atomic mass is 79.9. The van der Waals surface area contributed by atoms with Gasteiger partial charge in [-0.3, -0.25) is 4.79 Å². The Bertz CT molecular complexity index is 467. The lowest BCUT2D eigenvalue weighted by Crippen LogP contribution is -2.41. The van der Waals surface area contributed by atoms with Crippen LogP contribution < -0.4 is 5.32 Å². The maximum absolute atomic E-state index is 12.8. The first kappa shape index (κ1) is 17.0. The topological polar surface area (TPSA) is 32.3 Å². The van der Waals surface area contributed by atoms with Gasteiger partial charge in [-0.25, -0.2) is 0 Å². The van der Waals surface area contributed by atoms with Crippen molar-refractivity contribution in [2.75, 3.05) is 26.2 Å². The smallest absolute Gasteiger partial charge is 0.253 e. The summed E-state index contributed by atoms with van der Waals surface area (Å²) < 4.78 is 1.85. The predicted molar refractivity (Wildman–Crippen MR) is 93.6 cm³/mol. The Balaban J connectivity index is 2.10. The van der Waals surface area contributed by atoms with Gasteiger partial charge in [-0.2, -0.15) is 0 Å². The van der Waals surface area contributed by atoms with Crippen molar-refractivity contribution in [3.8, 4) is 0 Å². The van der Waals surface area contributed by atoms with Crippen LogP contribution in [0.15, 0.2) is 27.1 Å². The Morgan fingerprint density at radius 3 is 2.62 bits per heavy atom. The summed E-state index contributed by atoms with van der Waals surface area (Å²) in [6.07, 6.45) is 3.41. The van der Waals surface area contributed by atoms with Gasteiger partial charge in [-0.15, -0.1) is 0 Å². The van der Waals surface area contributed by atoms with Gasteiger partial charge in [-0.1, -0.05) is 38.8 Å². The minimum atomic E-state index is 0.129. The van der Waals surface area contributed by atoms with Gasteiger partial charge in [0.05, 0.1) is 0 Å². The maximum atomic E-state index is 12.8. The first-order valence-electron chi connectivity index (χ1n) is 7.56. The summed E-state index contributed by atoms with van der Waals surface area (Å²) in [5, 5.41) is 3.43. The number of hydrogen-bond acceptors (Lipinski definition) is 2. The molecular formula is C16H22Br2N2O. The molecule has 1 fully saturated rings. The summed E-state index contributed by atoms with van der Waals surface area (Å²) in [5.41, 5.74) is 0.744. The zero-order chi connectivity index (χ0) is 15.2. The zero-order valence-electron chi connectivity index (χ0n) is 12.4. The van der Waals surface area contributed by atoms with E-state index in [-0.39, 0.29) is 5.91 Å². The second-order valence-electron chi connectivity index (χ2n) is 5.62. The van der Waals surface area contributed by atoms with E-state index >= 15 is 0 Å². The van der Waals surface area contributed by atoms with E-state index in [2.05, 4.69) is 44.1 Å². The van der Waals surface area contributed by atoms with Crippen molar-refractivity contribution in [2.24, 2.45) is 5.92 Å². The molecular weight excluding hydrogens is 396 g/mol. The van der Waals surface area contributed by atoms with E-state index in [9.17, 15) is 4.79 Å². The second-order valence-corrected chi connectivity index (χ2v) is 7.45. The summed E-state index contributed by atoms with van der Waals surface area (Å²) in [6, 6.07) is 5.75. The number of rotatable bonds is 5. The molecule has 0 aromatic heterocycles. The standard InChI is InChI=1S/C16H22Br2N2O/c1-2-6-20(11-12-4-3-5-19-10-12)16(21)13-7-14(17)9-15(18)8-13/h7-9,12,19H,2-6,10-11H2,1H3. The molecule has 3 nitrogen and oxygen atoms in total. The molecule has 0 bridgehead atoms. The molecule has 1 aliphatic rings. The third-order valence-electron chi connectivity index (χ3n) is 3.77. The van der Waals surface area contributed by atoms with Crippen molar-refractivity contribution in [3.05, 3.63) is 32.7 Å². The molecule has 1 aromatic rings. The summed E-state index contributed by atoms with van der Waals surface area (Å²) >= 11 is 6.91. The van der Waals surface area contributed by atoms with Crippen LogP contribution in [-0.4, -0.2) is 37.0 Å². The number of piperidine rings is 1. The second kappa shape index (κ2) is 8.30. The quantitative estimate of drug-likeness (QED) is 0.783. The number of nitrogens with one attached hydrogen (secondary N) is 1. The van der Waals surface area contributed by atoms with Crippen LogP contribution in [-0.2, 0) is 0 Å². The lowest BCUT2D eigenvalue weighted by molar-refractivity contribution is 0.0718. The van der Waals surface area contributed by atoms with Gasteiger partial charge < -0.3 is 10.2 Å². The van der Waals surface area contributed by atoms with Crippen LogP contribution in [0.1, 0.15) is 36.5 Å². The largest absolute Gasteiger partial charge is 0.338 e. The molecule has 0 radical (unpaired) electrons. The van der Waals surface area contributed by atoms with E-state index in [1.54, 1.807) is 0 Å². The number of amides is 1. The molecule has 116 valence electrons. The lowest BCUT2D eigenvalue weighted by atomic mass is 9.98. The highest BCUT2D eigenvalue weighted by molar-refractivity contribution is 9.11. The van der Waals surface area contributed by atoms with Gasteiger partial charge in [0.1, 0.15) is 0 Å². The summed E-state index contributed by atoms with van der Waals surface area (Å²) in [7, 11) is 0. The van der Waals surface area contributed by atoms with Crippen LogP contribution in [0.25, 0.3) is 0 Å². The van der Waals surface area contributed by atoms with Crippen molar-refractivity contribution >= 4 is 37.8 Å². The minimum absolute atomic E-state index is 0.129. The molecule has 1 saturated heterocycles. The van der Waals surface area contributed by atoms with Crippen LogP contribution in [0, 0.1) is 5.92 Å². The van der Waals surface area contributed by atoms with E-state index in [1.165, 1.54) is 12.8 Å². The normalized spacial score (nSPS) is 18.5. The number of hydrogen-bond donors (Lipinski definition) is 1. The fraction of sp³-hybridized carbons (Fsp3) is 0.562. The van der Waals surface area contributed by atoms with E-state index in [4.69, 9.17) is 0 Å². The van der Waals surface area contributed by atoms with E-state index in [0.717, 1.165) is 47.1 Å². The fourth-order valence-corrected chi connectivity index (χ4v) is 4.09. The fourth-order valence-electron chi connectivity index (χ4n) is 2.80. The molecule has 1 heterocycles. The van der Waals surface area contributed by atoms with Crippen molar-refractivity contribution in [1.29, 1.82) is 0 Å². The Kier molecular flexibility index (Phi) is 6.71. The molecule has 1 atom stereocenters. The Morgan fingerprint density at radius 2 is 2.05 bits per heavy atom. The molecule has 0 aliphatic carbocycles. The minimum Gasteiger partial charge on any atom is -0.338 e. The first-order chi connectivity index (χ1) is 10.1. The summed E-state index contributed by atoms with van der Waals surface area (Å²) in [4.78, 5) is 14.8. The van der Waals surface area contributed by atoms with Gasteiger partial charge in [0.25, 0.3) is 5.91 Å². The molecule has 21 heavy (non-hydrogen) atoms. The van der Waals surface area contributed by atoms with Crippen LogP contribution in [0.4, 0.5) is 0 Å². The molecule has 0 saturated carbocycles. The van der Waals surface area contributed by atoms with Crippen LogP contribution in [0.2, 0.25) is 0 Å². The van der Waals surface area contributed by atoms with Crippen LogP contribution >= 0.6 is 31.9 Å². The highest BCUT2D eigenvalue weighted by Crippen LogP contribution is 2.22. The van der Waals surface area contributed by atoms with Gasteiger partial charge in [-0.05, 0) is 56.5 Å². The average Bonchev–Trinajstić information content (AvgIpc) is 2.46. The molecule has 5 heteroatoms. The Morgan fingerprint density at radius 1 is 1.33 bits per heavy atom. The number of carbonyl (C=O) groups is 1. The molecule has 1 aliphatic heterocycles. The van der Waals surface area contributed by atoms with Crippen molar-refractivity contribution in [2.45, 2.75) is 26.2 Å². The van der Waals surface area contributed by atoms with E-state index in [1.807, 2.05) is 23.1 Å². The first-order valence-corrected chi connectivity index (χ1v) is 9.15. The molecule has 1 aromatic carbocycles. The average molecular weight is 418 g/mol. The number of nitrogens with zero attached hydrogens (tertiary/aromatic N) is 1. The monoisotopic (exact) mass is 416 g/mol. The summed E-state index contributed by atoms with van der Waals surface area (Å²) in [6.45, 7) is 5.92. The molecule has 1 amide bonds. The molecule has 0 spiro atoms. The van der Waals surface area contributed by atoms with Gasteiger partial charge in [0.2, 0.25) is 0 Å². The Hall–Kier alpha value is -0.390. The van der Waals surface area contributed by atoms with Crippen LogP contribution in [0.3, 0.4) is 0 Å². The van der Waals surface area contributed by atoms with Gasteiger partial charge in [0, 0.05) is 27.6 Å². The number of benzene rings is 1. The maximum Gasteiger partial charge on any atom is 0.253 e.